The smallest absolute Gasteiger partial charge is 0.254 e. The van der Waals surface area contributed by atoms with Crippen LogP contribution < -0.4 is 10.6 Å². The average molecular weight is 905 g/mol. The second-order valence-corrected chi connectivity index (χ2v) is 22.1. The second-order valence-electron chi connectivity index (χ2n) is 22.1. The third-order valence-corrected chi connectivity index (χ3v) is 18.1. The summed E-state index contributed by atoms with van der Waals surface area (Å²) in [6.07, 6.45) is 17.0. The van der Waals surface area contributed by atoms with Gasteiger partial charge in [0.2, 0.25) is 5.91 Å². The molecule has 3 aliphatic heterocycles. The van der Waals surface area contributed by atoms with Gasteiger partial charge in [0.1, 0.15) is 6.61 Å². The number of aliphatic hydroxyl groups is 2. The molecule has 12 nitrogen and oxygen atoms in total. The van der Waals surface area contributed by atoms with Crippen molar-refractivity contribution in [3.63, 3.8) is 0 Å². The molecule has 7 saturated carbocycles. The molecule has 3 heterocycles. The van der Waals surface area contributed by atoms with Crippen molar-refractivity contribution in [2.75, 3.05) is 38.1 Å². The Labute approximate surface area is 384 Å². The maximum atomic E-state index is 13.2. The van der Waals surface area contributed by atoms with Crippen LogP contribution in [0.2, 0.25) is 0 Å². The number of fused-ring (bicyclic) bond motifs is 9. The molecular weight excluding hydrogens is 834 g/mol. The van der Waals surface area contributed by atoms with E-state index >= 15 is 0 Å². The Morgan fingerprint density at radius 1 is 0.969 bits per heavy atom. The van der Waals surface area contributed by atoms with Gasteiger partial charge in [-0.15, -0.1) is 12.4 Å². The van der Waals surface area contributed by atoms with E-state index < -0.39 is 36.1 Å². The average Bonchev–Trinajstić information content (AvgIpc) is 3.72. The number of carbonyl (C=O) groups excluding carboxylic acids is 4. The highest BCUT2D eigenvalue weighted by Gasteiger charge is 2.75. The molecule has 0 radical (unpaired) electrons. The van der Waals surface area contributed by atoms with Crippen molar-refractivity contribution in [2.45, 2.75) is 147 Å². The van der Waals surface area contributed by atoms with Gasteiger partial charge in [0.15, 0.2) is 23.5 Å². The Bertz CT molecular complexity index is 2040. The van der Waals surface area contributed by atoms with Crippen molar-refractivity contribution >= 4 is 41.5 Å². The monoisotopic (exact) mass is 903 g/mol. The molecule has 1 aromatic carbocycles. The van der Waals surface area contributed by atoms with E-state index in [0.29, 0.717) is 44.3 Å². The minimum Gasteiger partial charge on any atom is -0.393 e. The van der Waals surface area contributed by atoms with Gasteiger partial charge < -0.3 is 40.0 Å². The van der Waals surface area contributed by atoms with Gasteiger partial charge >= 0.3 is 0 Å². The number of halogens is 1. The number of ketones is 2. The minimum atomic E-state index is -1.20. The topological polar surface area (TPSA) is 164 Å². The number of rotatable bonds is 8. The third kappa shape index (κ3) is 7.67. The molecule has 12 rings (SSSR count). The lowest BCUT2D eigenvalue weighted by molar-refractivity contribution is -0.200. The van der Waals surface area contributed by atoms with Crippen LogP contribution in [0.15, 0.2) is 42.0 Å². The van der Waals surface area contributed by atoms with E-state index in [1.54, 1.807) is 12.2 Å². The number of allylic oxidation sites excluding steroid dienone is 4. The zero-order chi connectivity index (χ0) is 44.1. The lowest BCUT2D eigenvalue weighted by Gasteiger charge is -2.59. The number of aliphatic hydroxyl groups excluding tert-OH is 2. The number of anilines is 1. The zero-order valence-corrected chi connectivity index (χ0v) is 39.0. The number of amides is 2. The fourth-order valence-corrected chi connectivity index (χ4v) is 16.0. The van der Waals surface area contributed by atoms with Crippen molar-refractivity contribution in [1.29, 1.82) is 0 Å². The van der Waals surface area contributed by atoms with E-state index in [0.717, 1.165) is 66.9 Å². The Kier molecular flexibility index (Phi) is 12.5. The first-order valence-electron chi connectivity index (χ1n) is 24.3. The van der Waals surface area contributed by atoms with Crippen LogP contribution in [0.25, 0.3) is 0 Å². The largest absolute Gasteiger partial charge is 0.393 e. The van der Waals surface area contributed by atoms with Crippen LogP contribution in [0.1, 0.15) is 120 Å². The molecular formula is C51H70ClN3O9. The van der Waals surface area contributed by atoms with Gasteiger partial charge in [-0.3, -0.25) is 19.2 Å². The molecule has 0 spiro atoms. The van der Waals surface area contributed by atoms with E-state index in [-0.39, 0.29) is 76.6 Å². The van der Waals surface area contributed by atoms with Crippen LogP contribution >= 0.6 is 12.4 Å². The summed E-state index contributed by atoms with van der Waals surface area (Å²) in [6.45, 7) is 10.5. The molecule has 11 aliphatic rings. The first kappa shape index (κ1) is 46.2. The van der Waals surface area contributed by atoms with Crippen LogP contribution in [0.3, 0.4) is 0 Å². The van der Waals surface area contributed by atoms with E-state index in [2.05, 4.69) is 31.4 Å². The molecule has 4 N–H and O–H groups in total. The van der Waals surface area contributed by atoms with Gasteiger partial charge in [0.25, 0.3) is 5.91 Å². The van der Waals surface area contributed by atoms with E-state index in [1.165, 1.54) is 38.5 Å². The number of Topliss-reactive ketones (excluding diaryl/α,β-unsaturated/α-hetero) is 1. The maximum Gasteiger partial charge on any atom is 0.254 e. The van der Waals surface area contributed by atoms with Gasteiger partial charge in [0, 0.05) is 60.6 Å². The van der Waals surface area contributed by atoms with Gasteiger partial charge in [0.05, 0.1) is 24.4 Å². The number of morpholine rings is 2. The highest BCUT2D eigenvalue weighted by atomic mass is 35.5. The van der Waals surface area contributed by atoms with Crippen molar-refractivity contribution in [3.05, 3.63) is 53.1 Å². The van der Waals surface area contributed by atoms with Crippen molar-refractivity contribution < 1.29 is 43.6 Å². The van der Waals surface area contributed by atoms with Crippen molar-refractivity contribution in [3.8, 4) is 0 Å². The number of ether oxygens (including phenoxy) is 3. The van der Waals surface area contributed by atoms with Crippen LogP contribution in [0, 0.1) is 58.7 Å². The predicted molar refractivity (Wildman–Crippen MR) is 243 cm³/mol. The van der Waals surface area contributed by atoms with Crippen molar-refractivity contribution in [2.24, 2.45) is 51.8 Å². The molecule has 64 heavy (non-hydrogen) atoms. The van der Waals surface area contributed by atoms with Crippen molar-refractivity contribution in [1.82, 2.24) is 10.2 Å². The summed E-state index contributed by atoms with van der Waals surface area (Å²) in [5.41, 5.74) is 1.60. The molecule has 1 aromatic rings. The second kappa shape index (κ2) is 17.3. The number of nitrogens with zero attached hydrogens (tertiary/aromatic N) is 1. The molecule has 2 amide bonds. The van der Waals surface area contributed by atoms with Crippen LogP contribution in [-0.2, 0) is 28.6 Å². The van der Waals surface area contributed by atoms with Gasteiger partial charge in [-0.05, 0) is 142 Å². The molecule has 3 saturated heterocycles. The fraction of sp³-hybridized carbons (Fsp3) is 0.725. The Morgan fingerprint density at radius 3 is 2.31 bits per heavy atom. The van der Waals surface area contributed by atoms with E-state index in [1.807, 2.05) is 36.1 Å². The number of carbonyl (C=O) groups is 4. The predicted octanol–water partition coefficient (Wildman–Crippen LogP) is 6.49. The van der Waals surface area contributed by atoms with Gasteiger partial charge in [-0.25, -0.2) is 0 Å². The molecule has 1 unspecified atom stereocenters. The van der Waals surface area contributed by atoms with E-state index in [4.69, 9.17) is 14.2 Å². The Morgan fingerprint density at radius 2 is 1.66 bits per heavy atom. The van der Waals surface area contributed by atoms with Crippen LogP contribution in [-0.4, -0.2) is 108 Å². The summed E-state index contributed by atoms with van der Waals surface area (Å²) in [7, 11) is 0. The number of benzene rings is 1. The first-order valence-corrected chi connectivity index (χ1v) is 24.3. The number of nitrogens with one attached hydrogen (secondary N) is 2. The Balaban J connectivity index is 0.000000160. The summed E-state index contributed by atoms with van der Waals surface area (Å²) in [5, 5.41) is 28.0. The molecule has 13 heteroatoms. The Hall–Kier alpha value is -2.97. The number of hydrogen-bond acceptors (Lipinski definition) is 10. The molecule has 350 valence electrons. The fourth-order valence-electron chi connectivity index (χ4n) is 16.0. The van der Waals surface area contributed by atoms with Gasteiger partial charge in [-0.2, -0.15) is 0 Å². The highest BCUT2D eigenvalue weighted by molar-refractivity contribution is 6.01. The SMILES string of the molecule is CCCC1O[C@@H]2C[C@H]3[C@@H]4CCC5=CC(=O)C=C[C@]5(C)[C@H]4[C@@H](O)C[C@]3(C)[C@]2(C(=O)CO)O1.Cc1ccc(C(=O)N2C[C@H]3CNC[C@@H](C2)O3)cc1NC(=O)CC12CC3CC(CC(C3)C1)C2.Cl. The standard InChI is InChI=1S/C26H35N3O3.C25H34O6.ClH/c1-16-2-3-20(25(31)29-14-21-12-27-13-22(15-29)32-21)7-23(16)28-24(30)11-26-8-17-4-18(9-26)6-19(5-17)10-26;1-4-5-21-30-20-11-17-16-7-6-14-10-15(27)8-9-23(14,2)22(16)18(28)12-24(17,3)25(20,31-21)19(29)13-26;/h2-3,7,17-19,21-22,27H,4-6,8-15H2,1H3,(H,28,30);8-10,16-18,20-22,26,28H,4-7,11-13H2,1-3H3;1H/t17?,18?,19?,21-,22+,26?;16-,17-,18-,20+,21?,22+,23-,24-,25+;/m.0./s1. The lowest BCUT2D eigenvalue weighted by atomic mass is 9.46. The first-order chi connectivity index (χ1) is 30.2. The summed E-state index contributed by atoms with van der Waals surface area (Å²) >= 11 is 0. The van der Waals surface area contributed by atoms with Crippen LogP contribution in [0.4, 0.5) is 5.69 Å². The normalized spacial score (nSPS) is 43.1. The van der Waals surface area contributed by atoms with Gasteiger partial charge in [-0.1, -0.05) is 44.9 Å². The molecule has 0 aromatic heterocycles. The minimum absolute atomic E-state index is 0. The van der Waals surface area contributed by atoms with Crippen LogP contribution in [0.5, 0.6) is 0 Å². The summed E-state index contributed by atoms with van der Waals surface area (Å²) in [6, 6.07) is 5.71. The van der Waals surface area contributed by atoms with E-state index in [9.17, 15) is 29.4 Å². The highest BCUT2D eigenvalue weighted by Crippen LogP contribution is 2.70. The zero-order valence-electron chi connectivity index (χ0n) is 38.2. The molecule has 6 bridgehead atoms. The summed E-state index contributed by atoms with van der Waals surface area (Å²) in [5.74, 6) is 2.72. The summed E-state index contributed by atoms with van der Waals surface area (Å²) < 4.78 is 18.6. The number of hydrogen-bond donors (Lipinski definition) is 4. The summed E-state index contributed by atoms with van der Waals surface area (Å²) in [4.78, 5) is 53.5. The quantitative estimate of drug-likeness (QED) is 0.227. The maximum absolute atomic E-state index is 13.2. The molecule has 11 atom stereocenters. The third-order valence-electron chi connectivity index (χ3n) is 18.1. The molecule has 8 aliphatic carbocycles. The molecule has 10 fully saturated rings. The number of aryl methyl sites for hydroxylation is 1. The lowest BCUT2D eigenvalue weighted by Crippen LogP contribution is -2.63.